The normalized spacial score (nSPS) is 20.7. The molecule has 0 aromatic heterocycles. The predicted molar refractivity (Wildman–Crippen MR) is 109 cm³/mol. The molecule has 1 aliphatic heterocycles. The number of nitrogens with two attached hydrogens (primary N) is 1. The molecule has 0 unspecified atom stereocenters. The van der Waals surface area contributed by atoms with Gasteiger partial charge in [0.05, 0.1) is 19.6 Å². The number of allylic oxidation sites excluding steroid dienone is 3. The van der Waals surface area contributed by atoms with Crippen LogP contribution in [0.3, 0.4) is 0 Å². The molecule has 29 heavy (non-hydrogen) atoms. The minimum atomic E-state index is -0.564. The Labute approximate surface area is 171 Å². The number of rotatable bonds is 6. The Morgan fingerprint density at radius 2 is 2.07 bits per heavy atom. The van der Waals surface area contributed by atoms with Gasteiger partial charge < -0.3 is 19.9 Å². The van der Waals surface area contributed by atoms with Crippen molar-refractivity contribution in [2.45, 2.75) is 52.4 Å². The second kappa shape index (κ2) is 8.20. The standard InChI is InChI=1S/C23H28N2O4/c1-5-6-9-28-17-8-7-14(10-18(17)27-4)20-15(13-24)22(25)29-19-12-23(2,3)11-16(26)21(19)20/h7-8,10,20H,5-6,9,11-12,25H2,1-4H3/t20-/m0/s1. The zero-order valence-corrected chi connectivity index (χ0v) is 17.5. The monoisotopic (exact) mass is 396 g/mol. The molecule has 0 saturated heterocycles. The largest absolute Gasteiger partial charge is 0.493 e. The summed E-state index contributed by atoms with van der Waals surface area (Å²) in [5.41, 5.74) is 7.40. The summed E-state index contributed by atoms with van der Waals surface area (Å²) < 4.78 is 17.1. The highest BCUT2D eigenvalue weighted by atomic mass is 16.5. The molecule has 1 aromatic rings. The smallest absolute Gasteiger partial charge is 0.205 e. The highest BCUT2D eigenvalue weighted by Gasteiger charge is 2.43. The van der Waals surface area contributed by atoms with Crippen LogP contribution in [0, 0.1) is 16.7 Å². The van der Waals surface area contributed by atoms with E-state index in [2.05, 4.69) is 13.0 Å². The average molecular weight is 396 g/mol. The summed E-state index contributed by atoms with van der Waals surface area (Å²) in [7, 11) is 1.57. The van der Waals surface area contributed by atoms with Crippen molar-refractivity contribution in [3.63, 3.8) is 0 Å². The zero-order chi connectivity index (χ0) is 21.2. The number of hydrogen-bond donors (Lipinski definition) is 1. The summed E-state index contributed by atoms with van der Waals surface area (Å²) in [6.45, 7) is 6.75. The van der Waals surface area contributed by atoms with Crippen LogP contribution in [0.2, 0.25) is 0 Å². The van der Waals surface area contributed by atoms with Crippen LogP contribution in [-0.4, -0.2) is 19.5 Å². The molecule has 3 rings (SSSR count). The first-order valence-electron chi connectivity index (χ1n) is 9.96. The van der Waals surface area contributed by atoms with Gasteiger partial charge in [-0.05, 0) is 29.5 Å². The number of carbonyl (C=O) groups is 1. The quantitative estimate of drug-likeness (QED) is 0.720. The molecule has 0 bridgehead atoms. The van der Waals surface area contributed by atoms with E-state index in [1.165, 1.54) is 0 Å². The Morgan fingerprint density at radius 1 is 1.31 bits per heavy atom. The number of benzene rings is 1. The third-order valence-electron chi connectivity index (χ3n) is 5.35. The zero-order valence-electron chi connectivity index (χ0n) is 17.5. The molecule has 6 nitrogen and oxygen atoms in total. The molecular formula is C23H28N2O4. The lowest BCUT2D eigenvalue weighted by Gasteiger charge is -2.37. The van der Waals surface area contributed by atoms with Gasteiger partial charge in [0.15, 0.2) is 17.3 Å². The molecule has 2 aliphatic rings. The molecule has 1 atom stereocenters. The Kier molecular flexibility index (Phi) is 5.88. The van der Waals surface area contributed by atoms with E-state index in [0.29, 0.717) is 42.3 Å². The molecule has 1 heterocycles. The molecule has 0 spiro atoms. The first-order valence-corrected chi connectivity index (χ1v) is 9.96. The fraction of sp³-hybridized carbons (Fsp3) is 0.478. The van der Waals surface area contributed by atoms with Gasteiger partial charge in [-0.1, -0.05) is 33.3 Å². The van der Waals surface area contributed by atoms with Crippen LogP contribution in [0.15, 0.2) is 41.0 Å². The van der Waals surface area contributed by atoms with Gasteiger partial charge in [0.1, 0.15) is 17.4 Å². The van der Waals surface area contributed by atoms with Crippen LogP contribution in [0.5, 0.6) is 11.5 Å². The van der Waals surface area contributed by atoms with Gasteiger partial charge in [-0.2, -0.15) is 5.26 Å². The van der Waals surface area contributed by atoms with Crippen LogP contribution in [0.25, 0.3) is 0 Å². The average Bonchev–Trinajstić information content (AvgIpc) is 2.66. The lowest BCUT2D eigenvalue weighted by Crippen LogP contribution is -2.33. The highest BCUT2D eigenvalue weighted by molar-refractivity contribution is 6.00. The molecule has 6 heteroatoms. The van der Waals surface area contributed by atoms with E-state index < -0.39 is 5.92 Å². The summed E-state index contributed by atoms with van der Waals surface area (Å²) in [5.74, 6) is 1.25. The minimum absolute atomic E-state index is 0.0104. The molecule has 1 aliphatic carbocycles. The van der Waals surface area contributed by atoms with E-state index in [4.69, 9.17) is 19.9 Å². The number of ketones is 1. The lowest BCUT2D eigenvalue weighted by atomic mass is 9.70. The maximum Gasteiger partial charge on any atom is 0.205 e. The second-order valence-electron chi connectivity index (χ2n) is 8.31. The van der Waals surface area contributed by atoms with Gasteiger partial charge in [0, 0.05) is 18.4 Å². The van der Waals surface area contributed by atoms with Crippen LogP contribution < -0.4 is 15.2 Å². The van der Waals surface area contributed by atoms with Crippen LogP contribution in [0.4, 0.5) is 0 Å². The van der Waals surface area contributed by atoms with Gasteiger partial charge >= 0.3 is 0 Å². The van der Waals surface area contributed by atoms with Crippen molar-refractivity contribution in [3.8, 4) is 17.6 Å². The number of unbranched alkanes of at least 4 members (excludes halogenated alkanes) is 1. The van der Waals surface area contributed by atoms with Crippen LogP contribution >= 0.6 is 0 Å². The van der Waals surface area contributed by atoms with Gasteiger partial charge in [-0.15, -0.1) is 0 Å². The summed E-state index contributed by atoms with van der Waals surface area (Å²) in [5, 5.41) is 9.74. The number of hydrogen-bond acceptors (Lipinski definition) is 6. The SMILES string of the molecule is CCCCOc1ccc([C@H]2C(C#N)=C(N)OC3=C2C(=O)CC(C)(C)C3)cc1OC. The molecule has 0 fully saturated rings. The maximum atomic E-state index is 13.0. The first-order chi connectivity index (χ1) is 13.8. The summed E-state index contributed by atoms with van der Waals surface area (Å²) >= 11 is 0. The van der Waals surface area contributed by atoms with Gasteiger partial charge in [-0.3, -0.25) is 4.79 Å². The van der Waals surface area contributed by atoms with Crippen molar-refractivity contribution in [2.24, 2.45) is 11.1 Å². The van der Waals surface area contributed by atoms with Crippen molar-refractivity contribution >= 4 is 5.78 Å². The van der Waals surface area contributed by atoms with Crippen molar-refractivity contribution < 1.29 is 19.0 Å². The number of nitrogens with zero attached hydrogens (tertiary/aromatic N) is 1. The van der Waals surface area contributed by atoms with Crippen LogP contribution in [-0.2, 0) is 9.53 Å². The van der Waals surface area contributed by atoms with Crippen molar-refractivity contribution in [1.82, 2.24) is 0 Å². The van der Waals surface area contributed by atoms with E-state index in [1.54, 1.807) is 7.11 Å². The summed E-state index contributed by atoms with van der Waals surface area (Å²) in [6.07, 6.45) is 2.98. The fourth-order valence-electron chi connectivity index (χ4n) is 3.93. The van der Waals surface area contributed by atoms with Gasteiger partial charge in [0.25, 0.3) is 0 Å². The number of carbonyl (C=O) groups excluding carboxylic acids is 1. The third-order valence-corrected chi connectivity index (χ3v) is 5.35. The fourth-order valence-corrected chi connectivity index (χ4v) is 3.93. The van der Waals surface area contributed by atoms with Gasteiger partial charge in [0.2, 0.25) is 5.88 Å². The number of Topliss-reactive ketones (excluding diaryl/α,β-unsaturated/α-hetero) is 1. The Hall–Kier alpha value is -2.94. The highest BCUT2D eigenvalue weighted by Crippen LogP contribution is 2.48. The van der Waals surface area contributed by atoms with E-state index in [9.17, 15) is 10.1 Å². The van der Waals surface area contributed by atoms with Crippen molar-refractivity contribution in [1.29, 1.82) is 5.26 Å². The van der Waals surface area contributed by atoms with E-state index in [-0.39, 0.29) is 22.7 Å². The molecule has 154 valence electrons. The topological polar surface area (TPSA) is 94.6 Å². The first kappa shape index (κ1) is 20.8. The van der Waals surface area contributed by atoms with E-state index in [0.717, 1.165) is 18.4 Å². The van der Waals surface area contributed by atoms with Crippen LogP contribution in [0.1, 0.15) is 57.9 Å². The molecule has 0 saturated carbocycles. The van der Waals surface area contributed by atoms with Gasteiger partial charge in [-0.25, -0.2) is 0 Å². The predicted octanol–water partition coefficient (Wildman–Crippen LogP) is 4.32. The number of nitriles is 1. The summed E-state index contributed by atoms with van der Waals surface area (Å²) in [4.78, 5) is 13.0. The third kappa shape index (κ3) is 4.09. The Bertz CT molecular complexity index is 921. The van der Waals surface area contributed by atoms with E-state index in [1.807, 2.05) is 32.0 Å². The maximum absolute atomic E-state index is 13.0. The number of methoxy groups -OCH3 is 1. The molecule has 0 radical (unpaired) electrons. The second-order valence-corrected chi connectivity index (χ2v) is 8.31. The van der Waals surface area contributed by atoms with Crippen molar-refractivity contribution in [3.05, 3.63) is 46.6 Å². The molecular weight excluding hydrogens is 368 g/mol. The number of ether oxygens (including phenoxy) is 3. The summed E-state index contributed by atoms with van der Waals surface area (Å²) in [6, 6.07) is 7.65. The molecule has 0 amide bonds. The lowest BCUT2D eigenvalue weighted by molar-refractivity contribution is -0.119. The Balaban J connectivity index is 2.06. The van der Waals surface area contributed by atoms with Crippen molar-refractivity contribution in [2.75, 3.05) is 13.7 Å². The minimum Gasteiger partial charge on any atom is -0.493 e. The Morgan fingerprint density at radius 3 is 2.72 bits per heavy atom. The van der Waals surface area contributed by atoms with E-state index >= 15 is 0 Å². The molecule has 1 aromatic carbocycles. The molecule has 2 N–H and O–H groups in total.